The van der Waals surface area contributed by atoms with Gasteiger partial charge < -0.3 is 19.9 Å². The van der Waals surface area contributed by atoms with Crippen LogP contribution in [-0.4, -0.2) is 52.0 Å². The highest BCUT2D eigenvalue weighted by atomic mass is 16.5. The number of benzene rings is 1. The van der Waals surface area contributed by atoms with Gasteiger partial charge >= 0.3 is 0 Å². The minimum atomic E-state index is 0.123. The molecule has 0 aromatic heterocycles. The fraction of sp³-hybridized carbons (Fsp3) is 0.625. The molecule has 1 aliphatic carbocycles. The zero-order valence-electron chi connectivity index (χ0n) is 13.2. The summed E-state index contributed by atoms with van der Waals surface area (Å²) in [5, 5.41) is 0. The first-order valence-electron chi connectivity index (χ1n) is 7.41. The number of nitrogens with two attached hydrogens (primary N) is 1. The number of hydrogen-bond donors (Lipinski definition) is 1. The lowest BCUT2D eigenvalue weighted by Gasteiger charge is -2.32. The molecule has 0 saturated heterocycles. The Hall–Kier alpha value is -1.30. The van der Waals surface area contributed by atoms with Gasteiger partial charge in [0.15, 0.2) is 0 Å². The van der Waals surface area contributed by atoms with Crippen molar-refractivity contribution in [1.29, 1.82) is 0 Å². The molecule has 1 aromatic carbocycles. The van der Waals surface area contributed by atoms with Crippen LogP contribution in [0.1, 0.15) is 24.4 Å². The molecule has 1 atom stereocenters. The van der Waals surface area contributed by atoms with Gasteiger partial charge in [-0.3, -0.25) is 4.90 Å². The molecule has 0 radical (unpaired) electrons. The Morgan fingerprint density at radius 1 is 1.24 bits per heavy atom. The zero-order chi connectivity index (χ0) is 15.2. The van der Waals surface area contributed by atoms with Crippen LogP contribution in [0.5, 0.6) is 11.5 Å². The fourth-order valence-electron chi connectivity index (χ4n) is 2.74. The van der Waals surface area contributed by atoms with E-state index in [-0.39, 0.29) is 6.04 Å². The van der Waals surface area contributed by atoms with Gasteiger partial charge in [-0.2, -0.15) is 0 Å². The van der Waals surface area contributed by atoms with Gasteiger partial charge in [-0.25, -0.2) is 0 Å². The van der Waals surface area contributed by atoms with Gasteiger partial charge in [0.1, 0.15) is 11.5 Å². The van der Waals surface area contributed by atoms with Crippen molar-refractivity contribution in [3.05, 3.63) is 23.8 Å². The smallest absolute Gasteiger partial charge is 0.123 e. The molecule has 1 unspecified atom stereocenters. The normalized spacial score (nSPS) is 16.0. The van der Waals surface area contributed by atoms with Crippen molar-refractivity contribution in [2.24, 2.45) is 5.73 Å². The van der Waals surface area contributed by atoms with Crippen molar-refractivity contribution in [1.82, 2.24) is 4.90 Å². The van der Waals surface area contributed by atoms with E-state index < -0.39 is 0 Å². The summed E-state index contributed by atoms with van der Waals surface area (Å²) in [4.78, 5) is 2.43. The van der Waals surface area contributed by atoms with Crippen molar-refractivity contribution in [3.63, 3.8) is 0 Å². The fourth-order valence-corrected chi connectivity index (χ4v) is 2.74. The lowest BCUT2D eigenvalue weighted by molar-refractivity contribution is 0.114. The molecule has 0 spiro atoms. The third-order valence-electron chi connectivity index (χ3n) is 3.99. The summed E-state index contributed by atoms with van der Waals surface area (Å²) < 4.78 is 16.1. The second kappa shape index (κ2) is 7.64. The summed E-state index contributed by atoms with van der Waals surface area (Å²) in [5.41, 5.74) is 7.16. The van der Waals surface area contributed by atoms with E-state index in [1.54, 1.807) is 21.3 Å². The van der Waals surface area contributed by atoms with Gasteiger partial charge in [0.2, 0.25) is 0 Å². The number of hydrogen-bond acceptors (Lipinski definition) is 5. The highest BCUT2D eigenvalue weighted by Gasteiger charge is 2.35. The molecule has 5 nitrogen and oxygen atoms in total. The summed E-state index contributed by atoms with van der Waals surface area (Å²) in [6.45, 7) is 2.13. The second-order valence-electron chi connectivity index (χ2n) is 5.32. The molecule has 2 N–H and O–H groups in total. The minimum absolute atomic E-state index is 0.123. The third kappa shape index (κ3) is 3.87. The molecule has 0 aliphatic heterocycles. The molecule has 21 heavy (non-hydrogen) atoms. The highest BCUT2D eigenvalue weighted by molar-refractivity contribution is 5.42. The molecule has 1 fully saturated rings. The molecule has 5 heteroatoms. The van der Waals surface area contributed by atoms with E-state index in [1.165, 1.54) is 12.8 Å². The number of nitrogens with zero attached hydrogens (tertiary/aromatic N) is 1. The molecule has 1 aromatic rings. The Bertz CT molecular complexity index is 449. The van der Waals surface area contributed by atoms with Crippen molar-refractivity contribution < 1.29 is 14.2 Å². The lowest BCUT2D eigenvalue weighted by Crippen LogP contribution is -2.38. The molecule has 0 heterocycles. The molecule has 2 rings (SSSR count). The highest BCUT2D eigenvalue weighted by Crippen LogP contribution is 2.38. The Kier molecular flexibility index (Phi) is 5.85. The first kappa shape index (κ1) is 16.1. The summed E-state index contributed by atoms with van der Waals surface area (Å²) in [6, 6.07) is 6.60. The SMILES string of the molecule is COCCN(C1CC1)C(CN)c1cc(OC)ccc1OC. The van der Waals surface area contributed by atoms with Crippen LogP contribution in [0.15, 0.2) is 18.2 Å². The molecule has 1 aliphatic rings. The summed E-state index contributed by atoms with van der Waals surface area (Å²) in [6.07, 6.45) is 2.46. The van der Waals surface area contributed by atoms with Gasteiger partial charge in [-0.15, -0.1) is 0 Å². The Morgan fingerprint density at radius 3 is 2.52 bits per heavy atom. The predicted octanol–water partition coefficient (Wildman–Crippen LogP) is 1.81. The Morgan fingerprint density at radius 2 is 2.00 bits per heavy atom. The van der Waals surface area contributed by atoms with Crippen LogP contribution in [0.2, 0.25) is 0 Å². The number of methoxy groups -OCH3 is 3. The largest absolute Gasteiger partial charge is 0.497 e. The van der Waals surface area contributed by atoms with Crippen LogP contribution >= 0.6 is 0 Å². The van der Waals surface area contributed by atoms with Gasteiger partial charge in [-0.05, 0) is 31.0 Å². The monoisotopic (exact) mass is 294 g/mol. The standard InChI is InChI=1S/C16H26N2O3/c1-19-9-8-18(12-4-5-12)15(11-17)14-10-13(20-2)6-7-16(14)21-3/h6-7,10,12,15H,4-5,8-9,11,17H2,1-3H3. The van der Waals surface area contributed by atoms with Crippen LogP contribution in [-0.2, 0) is 4.74 Å². The van der Waals surface area contributed by atoms with Crippen molar-refractivity contribution >= 4 is 0 Å². The average Bonchev–Trinajstić information content (AvgIpc) is 3.35. The molecular weight excluding hydrogens is 268 g/mol. The van der Waals surface area contributed by atoms with Crippen LogP contribution < -0.4 is 15.2 Å². The number of rotatable bonds is 9. The van der Waals surface area contributed by atoms with E-state index in [1.807, 2.05) is 18.2 Å². The summed E-state index contributed by atoms with van der Waals surface area (Å²) in [5.74, 6) is 1.68. The molecule has 0 bridgehead atoms. The summed E-state index contributed by atoms with van der Waals surface area (Å²) >= 11 is 0. The quantitative estimate of drug-likeness (QED) is 0.753. The van der Waals surface area contributed by atoms with E-state index in [2.05, 4.69) is 4.90 Å². The Labute approximate surface area is 127 Å². The predicted molar refractivity (Wildman–Crippen MR) is 82.9 cm³/mol. The lowest BCUT2D eigenvalue weighted by atomic mass is 10.0. The van der Waals surface area contributed by atoms with Gasteiger partial charge in [-0.1, -0.05) is 0 Å². The number of ether oxygens (including phenoxy) is 3. The maximum Gasteiger partial charge on any atom is 0.123 e. The zero-order valence-corrected chi connectivity index (χ0v) is 13.2. The Balaban J connectivity index is 2.29. The maximum absolute atomic E-state index is 6.08. The topological polar surface area (TPSA) is 57.0 Å². The summed E-state index contributed by atoms with van der Waals surface area (Å²) in [7, 11) is 5.09. The first-order valence-corrected chi connectivity index (χ1v) is 7.41. The van der Waals surface area contributed by atoms with Crippen LogP contribution in [0.3, 0.4) is 0 Å². The van der Waals surface area contributed by atoms with E-state index in [9.17, 15) is 0 Å². The third-order valence-corrected chi connectivity index (χ3v) is 3.99. The molecule has 0 amide bonds. The van der Waals surface area contributed by atoms with E-state index in [4.69, 9.17) is 19.9 Å². The van der Waals surface area contributed by atoms with Crippen LogP contribution in [0.4, 0.5) is 0 Å². The van der Waals surface area contributed by atoms with E-state index >= 15 is 0 Å². The minimum Gasteiger partial charge on any atom is -0.497 e. The van der Waals surface area contributed by atoms with Gasteiger partial charge in [0.25, 0.3) is 0 Å². The first-order chi connectivity index (χ1) is 10.2. The van der Waals surface area contributed by atoms with Gasteiger partial charge in [0, 0.05) is 31.8 Å². The maximum atomic E-state index is 6.08. The van der Waals surface area contributed by atoms with Gasteiger partial charge in [0.05, 0.1) is 26.9 Å². The van der Waals surface area contributed by atoms with E-state index in [0.717, 1.165) is 23.6 Å². The van der Waals surface area contributed by atoms with Crippen molar-refractivity contribution in [3.8, 4) is 11.5 Å². The van der Waals surface area contributed by atoms with Crippen molar-refractivity contribution in [2.45, 2.75) is 24.9 Å². The average molecular weight is 294 g/mol. The second-order valence-corrected chi connectivity index (χ2v) is 5.32. The van der Waals surface area contributed by atoms with E-state index in [0.29, 0.717) is 19.2 Å². The van der Waals surface area contributed by atoms with Crippen LogP contribution in [0, 0.1) is 0 Å². The molecular formula is C16H26N2O3. The molecule has 1 saturated carbocycles. The van der Waals surface area contributed by atoms with Crippen LogP contribution in [0.25, 0.3) is 0 Å². The van der Waals surface area contributed by atoms with Crippen molar-refractivity contribution in [2.75, 3.05) is 41.0 Å². The molecule has 118 valence electrons.